The lowest BCUT2D eigenvalue weighted by molar-refractivity contribution is -0.118. The third-order valence-corrected chi connectivity index (χ3v) is 4.66. The van der Waals surface area contributed by atoms with Crippen molar-refractivity contribution in [3.05, 3.63) is 30.3 Å². The Morgan fingerprint density at radius 3 is 2.48 bits per heavy atom. The fourth-order valence-electron chi connectivity index (χ4n) is 2.49. The maximum absolute atomic E-state index is 10.6. The van der Waals surface area contributed by atoms with E-state index in [1.165, 1.54) is 39.2 Å². The van der Waals surface area contributed by atoms with Gasteiger partial charge in [0.05, 0.1) is 11.9 Å². The molecule has 2 fully saturated rings. The van der Waals surface area contributed by atoms with Crippen LogP contribution in [0.2, 0.25) is 0 Å². The van der Waals surface area contributed by atoms with E-state index in [-0.39, 0.29) is 5.91 Å². The molecule has 3 rings (SSSR count). The van der Waals surface area contributed by atoms with E-state index in [1.807, 2.05) is 30.3 Å². The van der Waals surface area contributed by atoms with Gasteiger partial charge in [0.2, 0.25) is 5.91 Å². The van der Waals surface area contributed by atoms with Gasteiger partial charge in [-0.05, 0) is 57.0 Å². The van der Waals surface area contributed by atoms with Gasteiger partial charge < -0.3 is 15.8 Å². The van der Waals surface area contributed by atoms with Crippen molar-refractivity contribution < 1.29 is 9.53 Å². The Morgan fingerprint density at radius 2 is 1.78 bits per heavy atom. The number of hydrogen-bond acceptors (Lipinski definition) is 4. The lowest BCUT2D eigenvalue weighted by atomic mass is 9.98. The van der Waals surface area contributed by atoms with E-state index in [2.05, 4.69) is 11.1 Å². The molecular weight excluding hydrogens is 308 g/mol. The summed E-state index contributed by atoms with van der Waals surface area (Å²) in [5.41, 5.74) is 4.50. The number of nitrogens with one attached hydrogen (secondary N) is 1. The van der Waals surface area contributed by atoms with E-state index in [0.29, 0.717) is 11.9 Å². The number of nitrogens with two attached hydrogens (primary N) is 1. The highest BCUT2D eigenvalue weighted by molar-refractivity contribution is 7.99. The molecule has 23 heavy (non-hydrogen) atoms. The Bertz CT molecular complexity index is 399. The molecule has 0 atom stereocenters. The summed E-state index contributed by atoms with van der Waals surface area (Å²) in [7, 11) is 1.50. The molecule has 0 aromatic heterocycles. The van der Waals surface area contributed by atoms with Gasteiger partial charge in [-0.25, -0.2) is 0 Å². The number of para-hydroxylation sites is 1. The van der Waals surface area contributed by atoms with Crippen LogP contribution in [0.3, 0.4) is 0 Å². The minimum absolute atomic E-state index is 0.188. The van der Waals surface area contributed by atoms with Crippen LogP contribution in [0.15, 0.2) is 30.3 Å². The van der Waals surface area contributed by atoms with Crippen LogP contribution in [-0.4, -0.2) is 37.1 Å². The van der Waals surface area contributed by atoms with Gasteiger partial charge in [0.25, 0.3) is 0 Å². The van der Waals surface area contributed by atoms with Crippen molar-refractivity contribution in [2.24, 2.45) is 5.73 Å². The first-order valence-corrected chi connectivity index (χ1v) is 9.64. The summed E-state index contributed by atoms with van der Waals surface area (Å²) in [4.78, 5) is 10.6. The van der Waals surface area contributed by atoms with Crippen molar-refractivity contribution in [2.75, 3.05) is 25.1 Å². The molecule has 1 aliphatic carbocycles. The number of ether oxygens (including phenoxy) is 1. The SMILES string of the molecule is CN.O=C1CSCCCN1.c1ccc(OC2CCCCC2)cc1. The van der Waals surface area contributed by atoms with E-state index >= 15 is 0 Å². The van der Waals surface area contributed by atoms with E-state index in [4.69, 9.17) is 4.74 Å². The quantitative estimate of drug-likeness (QED) is 0.869. The lowest BCUT2D eigenvalue weighted by Gasteiger charge is -2.22. The van der Waals surface area contributed by atoms with Crippen molar-refractivity contribution in [2.45, 2.75) is 44.6 Å². The largest absolute Gasteiger partial charge is 0.490 e. The monoisotopic (exact) mass is 338 g/mol. The third-order valence-electron chi connectivity index (χ3n) is 3.62. The summed E-state index contributed by atoms with van der Waals surface area (Å²) in [5.74, 6) is 2.99. The van der Waals surface area contributed by atoms with Crippen LogP contribution < -0.4 is 15.8 Å². The summed E-state index contributed by atoms with van der Waals surface area (Å²) >= 11 is 1.71. The second-order valence-corrected chi connectivity index (χ2v) is 6.55. The van der Waals surface area contributed by atoms with Crippen LogP contribution in [0.25, 0.3) is 0 Å². The number of thioether (sulfide) groups is 1. The van der Waals surface area contributed by atoms with Crippen LogP contribution in [-0.2, 0) is 4.79 Å². The van der Waals surface area contributed by atoms with E-state index < -0.39 is 0 Å². The topological polar surface area (TPSA) is 64.4 Å². The molecule has 0 radical (unpaired) electrons. The van der Waals surface area contributed by atoms with Crippen molar-refractivity contribution in [3.63, 3.8) is 0 Å². The van der Waals surface area contributed by atoms with E-state index in [1.54, 1.807) is 11.8 Å². The highest BCUT2D eigenvalue weighted by Crippen LogP contribution is 2.22. The highest BCUT2D eigenvalue weighted by atomic mass is 32.2. The molecule has 2 aliphatic rings. The molecular formula is C18H30N2O2S. The number of rotatable bonds is 2. The molecule has 1 aromatic rings. The van der Waals surface area contributed by atoms with Crippen molar-refractivity contribution in [1.29, 1.82) is 0 Å². The molecule has 1 aromatic carbocycles. The van der Waals surface area contributed by atoms with Gasteiger partial charge >= 0.3 is 0 Å². The zero-order valence-electron chi connectivity index (χ0n) is 14.1. The van der Waals surface area contributed by atoms with Crippen LogP contribution in [0.1, 0.15) is 38.5 Å². The van der Waals surface area contributed by atoms with Crippen molar-refractivity contribution in [3.8, 4) is 5.75 Å². The first-order chi connectivity index (χ1) is 11.3. The second-order valence-electron chi connectivity index (χ2n) is 5.45. The minimum Gasteiger partial charge on any atom is -0.490 e. The van der Waals surface area contributed by atoms with Gasteiger partial charge in [-0.2, -0.15) is 11.8 Å². The molecule has 1 saturated carbocycles. The van der Waals surface area contributed by atoms with Crippen molar-refractivity contribution >= 4 is 17.7 Å². The Morgan fingerprint density at radius 1 is 1.09 bits per heavy atom. The zero-order valence-corrected chi connectivity index (χ0v) is 14.9. The standard InChI is InChI=1S/C12H16O.C5H9NOS.CH5N/c1-3-7-11(8-4-1)13-12-9-5-2-6-10-12;7-5-4-8-3-1-2-6-5;1-2/h1,3-4,7-8,12H,2,5-6,9-10H2;1-4H2,(H,6,7);2H2,1H3. The molecule has 1 heterocycles. The van der Waals surface area contributed by atoms with Gasteiger partial charge in [0.15, 0.2) is 0 Å². The summed E-state index contributed by atoms with van der Waals surface area (Å²) in [5, 5.41) is 2.78. The van der Waals surface area contributed by atoms with Gasteiger partial charge in [-0.15, -0.1) is 0 Å². The predicted octanol–water partition coefficient (Wildman–Crippen LogP) is 3.21. The lowest BCUT2D eigenvalue weighted by Crippen LogP contribution is -2.23. The fraction of sp³-hybridized carbons (Fsp3) is 0.611. The van der Waals surface area contributed by atoms with Crippen LogP contribution >= 0.6 is 11.8 Å². The maximum Gasteiger partial charge on any atom is 0.229 e. The molecule has 1 saturated heterocycles. The number of benzene rings is 1. The molecule has 130 valence electrons. The average Bonchev–Trinajstić information content (AvgIpc) is 2.87. The minimum atomic E-state index is 0.188. The summed E-state index contributed by atoms with van der Waals surface area (Å²) < 4.78 is 5.86. The summed E-state index contributed by atoms with van der Waals surface area (Å²) in [6.45, 7) is 0.867. The smallest absolute Gasteiger partial charge is 0.229 e. The molecule has 0 spiro atoms. The second kappa shape index (κ2) is 13.3. The maximum atomic E-state index is 10.6. The van der Waals surface area contributed by atoms with Crippen LogP contribution in [0.5, 0.6) is 5.75 Å². The highest BCUT2D eigenvalue weighted by Gasteiger charge is 2.14. The molecule has 4 nitrogen and oxygen atoms in total. The number of carbonyl (C=O) groups is 1. The third kappa shape index (κ3) is 9.51. The normalized spacial score (nSPS) is 18.3. The molecule has 0 bridgehead atoms. The Kier molecular flexibility index (Phi) is 11.4. The van der Waals surface area contributed by atoms with Gasteiger partial charge in [0.1, 0.15) is 5.75 Å². The molecule has 3 N–H and O–H groups in total. The van der Waals surface area contributed by atoms with E-state index in [0.717, 1.165) is 24.5 Å². The van der Waals surface area contributed by atoms with Crippen LogP contribution in [0, 0.1) is 0 Å². The Balaban J connectivity index is 0.000000228. The first kappa shape index (κ1) is 19.8. The van der Waals surface area contributed by atoms with Gasteiger partial charge in [0, 0.05) is 6.54 Å². The molecule has 1 amide bonds. The Labute approximate surface area is 144 Å². The summed E-state index contributed by atoms with van der Waals surface area (Å²) in [6, 6.07) is 10.1. The number of amides is 1. The molecule has 5 heteroatoms. The van der Waals surface area contributed by atoms with Crippen molar-refractivity contribution in [1.82, 2.24) is 5.32 Å². The Hall–Kier alpha value is -1.20. The molecule has 1 aliphatic heterocycles. The summed E-state index contributed by atoms with van der Waals surface area (Å²) in [6.07, 6.45) is 8.10. The van der Waals surface area contributed by atoms with E-state index in [9.17, 15) is 4.79 Å². The van der Waals surface area contributed by atoms with Crippen LogP contribution in [0.4, 0.5) is 0 Å². The number of hydrogen-bond donors (Lipinski definition) is 2. The first-order valence-electron chi connectivity index (χ1n) is 8.48. The predicted molar refractivity (Wildman–Crippen MR) is 99.0 cm³/mol. The average molecular weight is 339 g/mol. The number of carbonyl (C=O) groups excluding carboxylic acids is 1. The molecule has 0 unspecified atom stereocenters. The zero-order chi connectivity index (χ0) is 16.8. The van der Waals surface area contributed by atoms with Gasteiger partial charge in [-0.3, -0.25) is 4.79 Å². The van der Waals surface area contributed by atoms with Gasteiger partial charge in [-0.1, -0.05) is 24.6 Å². The fourth-order valence-corrected chi connectivity index (χ4v) is 3.27.